The molecular weight excluding hydrogens is 701 g/mol. The largest absolute Gasteiger partial charge is 0.756 e. The first-order valence-corrected chi connectivity index (χ1v) is 22.5. The first-order chi connectivity index (χ1) is 26.0. The van der Waals surface area contributed by atoms with Crippen LogP contribution in [0.5, 0.6) is 0 Å². The highest BCUT2D eigenvalue weighted by Gasteiger charge is 2.21. The van der Waals surface area contributed by atoms with Crippen LogP contribution < -0.4 is 4.89 Å². The van der Waals surface area contributed by atoms with Gasteiger partial charge < -0.3 is 27.9 Å². The molecule has 0 aliphatic heterocycles. The topological polar surface area (TPSA) is 111 Å². The molecule has 0 amide bonds. The first kappa shape index (κ1) is 51.7. The van der Waals surface area contributed by atoms with E-state index < -0.39 is 32.5 Å². The van der Waals surface area contributed by atoms with Crippen LogP contribution in [0.1, 0.15) is 155 Å². The van der Waals surface area contributed by atoms with Crippen LogP contribution in [-0.4, -0.2) is 70.0 Å². The SMILES string of the molecule is CCCCC/C=C\C/C=C\C/C=C\C/C=C\CCCC(=O)OC(COC(=O)CCCCCCC/C=C\CCCCCC)COP(=O)([O-])OCC[N+](C)(C)C. The van der Waals surface area contributed by atoms with Gasteiger partial charge in [0.2, 0.25) is 0 Å². The molecule has 0 heterocycles. The molecule has 0 aromatic heterocycles. The summed E-state index contributed by atoms with van der Waals surface area (Å²) in [5.41, 5.74) is 0. The quantitative estimate of drug-likeness (QED) is 0.0201. The standard InChI is InChI=1S/C44H78NO8P/c1-6-8-10-12-14-16-18-20-21-22-23-25-27-29-31-33-35-37-44(47)53-42(41-52-54(48,49)51-39-38-45(3,4)5)40-50-43(46)36-34-32-30-28-26-24-19-17-15-13-11-9-7-2/h14,16-17,19-21,23,25,29,31,42H,6-13,15,18,22,24,26-28,30,32-41H2,1-5H3/b16-14-,19-17-,21-20-,25-23-,31-29-. The highest BCUT2D eigenvalue weighted by Crippen LogP contribution is 2.38. The van der Waals surface area contributed by atoms with E-state index >= 15 is 0 Å². The molecule has 0 radical (unpaired) electrons. The third kappa shape index (κ3) is 39.4. The summed E-state index contributed by atoms with van der Waals surface area (Å²) in [7, 11) is 1.12. The summed E-state index contributed by atoms with van der Waals surface area (Å²) < 4.78 is 33.7. The van der Waals surface area contributed by atoms with Crippen LogP contribution in [-0.2, 0) is 32.7 Å². The van der Waals surface area contributed by atoms with Crippen LogP contribution in [0.2, 0.25) is 0 Å². The number of phosphoric ester groups is 1. The predicted octanol–water partition coefficient (Wildman–Crippen LogP) is 11.1. The molecule has 0 rings (SSSR count). The fourth-order valence-corrected chi connectivity index (χ4v) is 5.90. The Bertz CT molecular complexity index is 1110. The van der Waals surface area contributed by atoms with E-state index in [2.05, 4.69) is 68.5 Å². The number of nitrogens with zero attached hydrogens (tertiary/aromatic N) is 1. The van der Waals surface area contributed by atoms with Gasteiger partial charge in [-0.15, -0.1) is 0 Å². The van der Waals surface area contributed by atoms with Crippen molar-refractivity contribution in [1.29, 1.82) is 0 Å². The van der Waals surface area contributed by atoms with E-state index in [4.69, 9.17) is 18.5 Å². The van der Waals surface area contributed by atoms with Crippen molar-refractivity contribution >= 4 is 19.8 Å². The molecule has 10 heteroatoms. The van der Waals surface area contributed by atoms with E-state index in [9.17, 15) is 19.0 Å². The Morgan fingerprint density at radius 3 is 1.59 bits per heavy atom. The fraction of sp³-hybridized carbons (Fsp3) is 0.727. The van der Waals surface area contributed by atoms with Gasteiger partial charge in [0.1, 0.15) is 19.8 Å². The van der Waals surface area contributed by atoms with Gasteiger partial charge in [-0.3, -0.25) is 14.2 Å². The zero-order valence-electron chi connectivity index (χ0n) is 34.9. The normalized spacial score (nSPS) is 14.3. The van der Waals surface area contributed by atoms with Gasteiger partial charge in [0.15, 0.2) is 6.10 Å². The maximum Gasteiger partial charge on any atom is 0.306 e. The van der Waals surface area contributed by atoms with Gasteiger partial charge in [0.25, 0.3) is 7.82 Å². The van der Waals surface area contributed by atoms with Crippen LogP contribution in [0.25, 0.3) is 0 Å². The number of ether oxygens (including phenoxy) is 2. The fourth-order valence-electron chi connectivity index (χ4n) is 5.17. The number of quaternary nitrogens is 1. The number of rotatable bonds is 37. The number of phosphoric acid groups is 1. The number of allylic oxidation sites excluding steroid dienone is 10. The van der Waals surface area contributed by atoms with Crippen molar-refractivity contribution in [3.05, 3.63) is 60.8 Å². The van der Waals surface area contributed by atoms with Gasteiger partial charge in [0, 0.05) is 12.8 Å². The van der Waals surface area contributed by atoms with Crippen LogP contribution in [0.15, 0.2) is 60.8 Å². The number of hydrogen-bond donors (Lipinski definition) is 0. The van der Waals surface area contributed by atoms with Gasteiger partial charge in [-0.2, -0.15) is 0 Å². The summed E-state index contributed by atoms with van der Waals surface area (Å²) in [4.78, 5) is 37.4. The second kappa shape index (κ2) is 36.4. The molecule has 2 atom stereocenters. The molecule has 0 aromatic rings. The minimum Gasteiger partial charge on any atom is -0.756 e. The van der Waals surface area contributed by atoms with Crippen molar-refractivity contribution in [2.45, 2.75) is 161 Å². The molecule has 0 fully saturated rings. The molecule has 54 heavy (non-hydrogen) atoms. The van der Waals surface area contributed by atoms with Gasteiger partial charge in [-0.05, 0) is 77.0 Å². The number of esters is 2. The Hall–Kier alpha value is -2.29. The lowest BCUT2D eigenvalue weighted by Gasteiger charge is -2.28. The molecule has 0 spiro atoms. The summed E-state index contributed by atoms with van der Waals surface area (Å²) in [6.07, 6.45) is 42.5. The molecular formula is C44H78NO8P. The lowest BCUT2D eigenvalue weighted by molar-refractivity contribution is -0.870. The minimum atomic E-state index is -4.64. The van der Waals surface area contributed by atoms with Crippen molar-refractivity contribution in [2.75, 3.05) is 47.5 Å². The van der Waals surface area contributed by atoms with Crippen molar-refractivity contribution in [1.82, 2.24) is 0 Å². The maximum atomic E-state index is 12.6. The average molecular weight is 780 g/mol. The summed E-state index contributed by atoms with van der Waals surface area (Å²) in [5.74, 6) is -0.916. The molecule has 0 aliphatic carbocycles. The molecule has 9 nitrogen and oxygen atoms in total. The van der Waals surface area contributed by atoms with Crippen LogP contribution in [0.4, 0.5) is 0 Å². The monoisotopic (exact) mass is 780 g/mol. The van der Waals surface area contributed by atoms with E-state index in [0.29, 0.717) is 30.3 Å². The molecule has 0 aromatic carbocycles. The predicted molar refractivity (Wildman–Crippen MR) is 222 cm³/mol. The lowest BCUT2D eigenvalue weighted by Crippen LogP contribution is -2.37. The second-order valence-corrected chi connectivity index (χ2v) is 16.4. The lowest BCUT2D eigenvalue weighted by atomic mass is 10.1. The summed E-state index contributed by atoms with van der Waals surface area (Å²) in [6, 6.07) is 0. The molecule has 0 saturated heterocycles. The van der Waals surface area contributed by atoms with Gasteiger partial charge in [-0.1, -0.05) is 126 Å². The van der Waals surface area contributed by atoms with E-state index in [1.807, 2.05) is 27.2 Å². The highest BCUT2D eigenvalue weighted by atomic mass is 31.2. The number of carbonyl (C=O) groups excluding carboxylic acids is 2. The van der Waals surface area contributed by atoms with E-state index in [1.165, 1.54) is 57.8 Å². The average Bonchev–Trinajstić information content (AvgIpc) is 3.12. The molecule has 2 unspecified atom stereocenters. The Morgan fingerprint density at radius 1 is 0.574 bits per heavy atom. The van der Waals surface area contributed by atoms with Crippen LogP contribution in [0.3, 0.4) is 0 Å². The Balaban J connectivity index is 4.52. The second-order valence-electron chi connectivity index (χ2n) is 15.0. The minimum absolute atomic E-state index is 0.0446. The van der Waals surface area contributed by atoms with Gasteiger partial charge in [0.05, 0.1) is 27.7 Å². The molecule has 0 bridgehead atoms. The highest BCUT2D eigenvalue weighted by molar-refractivity contribution is 7.45. The Labute approximate surface area is 330 Å². The van der Waals surface area contributed by atoms with Crippen LogP contribution in [0, 0.1) is 0 Å². The molecule has 0 saturated carbocycles. The van der Waals surface area contributed by atoms with Crippen molar-refractivity contribution < 1.29 is 42.1 Å². The molecule has 312 valence electrons. The number of unbranched alkanes of at least 4 members (excludes halogenated alkanes) is 13. The zero-order valence-corrected chi connectivity index (χ0v) is 35.8. The summed E-state index contributed by atoms with van der Waals surface area (Å²) in [6.45, 7) is 4.09. The Morgan fingerprint density at radius 2 is 1.02 bits per heavy atom. The third-order valence-corrected chi connectivity index (χ3v) is 9.47. The third-order valence-electron chi connectivity index (χ3n) is 8.51. The number of hydrogen-bond acceptors (Lipinski definition) is 8. The zero-order chi connectivity index (χ0) is 40.0. The number of carbonyl (C=O) groups is 2. The van der Waals surface area contributed by atoms with Gasteiger partial charge >= 0.3 is 11.9 Å². The van der Waals surface area contributed by atoms with Gasteiger partial charge in [-0.25, -0.2) is 0 Å². The molecule has 0 aliphatic rings. The number of likely N-dealkylation sites (N-methyl/N-ethyl adjacent to an activating group) is 1. The first-order valence-electron chi connectivity index (χ1n) is 21.0. The van der Waals surface area contributed by atoms with Crippen molar-refractivity contribution in [2.24, 2.45) is 0 Å². The van der Waals surface area contributed by atoms with E-state index in [1.54, 1.807) is 0 Å². The van der Waals surface area contributed by atoms with Crippen molar-refractivity contribution in [3.8, 4) is 0 Å². The maximum absolute atomic E-state index is 12.6. The van der Waals surface area contributed by atoms with Crippen LogP contribution >= 0.6 is 7.82 Å². The summed E-state index contributed by atoms with van der Waals surface area (Å²) in [5, 5.41) is 0. The van der Waals surface area contributed by atoms with E-state index in [-0.39, 0.29) is 26.1 Å². The smallest absolute Gasteiger partial charge is 0.306 e. The molecule has 0 N–H and O–H groups in total. The van der Waals surface area contributed by atoms with Crippen molar-refractivity contribution in [3.63, 3.8) is 0 Å². The Kier molecular flexibility index (Phi) is 34.8. The van der Waals surface area contributed by atoms with E-state index in [0.717, 1.165) is 51.4 Å². The summed E-state index contributed by atoms with van der Waals surface area (Å²) >= 11 is 0.